The third kappa shape index (κ3) is 2.97. The summed E-state index contributed by atoms with van der Waals surface area (Å²) >= 11 is 1.51. The van der Waals surface area contributed by atoms with Gasteiger partial charge in [-0.05, 0) is 30.4 Å². The molecule has 4 heteroatoms. The topological polar surface area (TPSA) is 42.0 Å². The van der Waals surface area contributed by atoms with Gasteiger partial charge in [0.25, 0.3) is 5.91 Å². The highest BCUT2D eigenvalue weighted by molar-refractivity contribution is 7.13. The first-order chi connectivity index (χ1) is 11.8. The van der Waals surface area contributed by atoms with E-state index in [1.807, 2.05) is 41.8 Å². The molecule has 1 unspecified atom stereocenters. The lowest BCUT2D eigenvalue weighted by Gasteiger charge is -2.26. The first kappa shape index (κ1) is 15.1. The monoisotopic (exact) mass is 334 g/mol. The normalized spacial score (nSPS) is 16.4. The van der Waals surface area contributed by atoms with Gasteiger partial charge in [0.2, 0.25) is 0 Å². The predicted octanol–water partition coefficient (Wildman–Crippen LogP) is 4.62. The number of amides is 1. The third-order valence-electron chi connectivity index (χ3n) is 4.43. The van der Waals surface area contributed by atoms with Gasteiger partial charge < -0.3 is 5.32 Å². The molecule has 1 atom stereocenters. The van der Waals surface area contributed by atoms with Gasteiger partial charge >= 0.3 is 0 Å². The predicted molar refractivity (Wildman–Crippen MR) is 97.1 cm³/mol. The molecule has 0 saturated heterocycles. The number of carbonyl (C=O) groups excluding carboxylic acids is 1. The lowest BCUT2D eigenvalue weighted by molar-refractivity contribution is 0.0928. The van der Waals surface area contributed by atoms with E-state index in [0.717, 1.165) is 29.8 Å². The SMILES string of the molecule is O=C(NC1CCCc2ccccc21)c1csc(-c2ccccc2)n1. The van der Waals surface area contributed by atoms with Gasteiger partial charge in [-0.25, -0.2) is 4.98 Å². The summed E-state index contributed by atoms with van der Waals surface area (Å²) in [5.41, 5.74) is 4.14. The van der Waals surface area contributed by atoms with E-state index < -0.39 is 0 Å². The van der Waals surface area contributed by atoms with Gasteiger partial charge in [-0.15, -0.1) is 11.3 Å². The van der Waals surface area contributed by atoms with Gasteiger partial charge in [0.1, 0.15) is 10.7 Å². The summed E-state index contributed by atoms with van der Waals surface area (Å²) in [6.45, 7) is 0. The van der Waals surface area contributed by atoms with Gasteiger partial charge in [0.15, 0.2) is 0 Å². The molecule has 1 aliphatic carbocycles. The molecule has 2 aromatic carbocycles. The molecule has 0 saturated carbocycles. The van der Waals surface area contributed by atoms with Crippen molar-refractivity contribution < 1.29 is 4.79 Å². The van der Waals surface area contributed by atoms with Crippen molar-refractivity contribution in [2.45, 2.75) is 25.3 Å². The van der Waals surface area contributed by atoms with Gasteiger partial charge in [-0.2, -0.15) is 0 Å². The van der Waals surface area contributed by atoms with Crippen molar-refractivity contribution in [1.29, 1.82) is 0 Å². The molecule has 1 heterocycles. The van der Waals surface area contributed by atoms with Crippen LogP contribution in [0.1, 0.15) is 40.5 Å². The maximum atomic E-state index is 12.6. The number of rotatable bonds is 3. The van der Waals surface area contributed by atoms with Crippen molar-refractivity contribution >= 4 is 17.2 Å². The Morgan fingerprint density at radius 1 is 1.08 bits per heavy atom. The summed E-state index contributed by atoms with van der Waals surface area (Å²) in [6, 6.07) is 18.4. The number of carbonyl (C=O) groups is 1. The Hall–Kier alpha value is -2.46. The summed E-state index contributed by atoms with van der Waals surface area (Å²) in [5.74, 6) is -0.0878. The molecule has 0 spiro atoms. The van der Waals surface area contributed by atoms with Crippen LogP contribution >= 0.6 is 11.3 Å². The molecule has 1 aromatic heterocycles. The molecule has 4 rings (SSSR count). The number of nitrogens with zero attached hydrogens (tertiary/aromatic N) is 1. The largest absolute Gasteiger partial charge is 0.344 e. The van der Waals surface area contributed by atoms with Gasteiger partial charge in [0, 0.05) is 10.9 Å². The van der Waals surface area contributed by atoms with Crippen LogP contribution in [0.25, 0.3) is 10.6 Å². The zero-order valence-corrected chi connectivity index (χ0v) is 14.1. The maximum Gasteiger partial charge on any atom is 0.271 e. The number of benzene rings is 2. The molecule has 1 N–H and O–H groups in total. The van der Waals surface area contributed by atoms with Gasteiger partial charge in [0.05, 0.1) is 6.04 Å². The van der Waals surface area contributed by atoms with E-state index in [1.54, 1.807) is 0 Å². The average Bonchev–Trinajstić information content (AvgIpc) is 3.13. The molecule has 24 heavy (non-hydrogen) atoms. The second kappa shape index (κ2) is 6.57. The number of aryl methyl sites for hydroxylation is 1. The Morgan fingerprint density at radius 3 is 2.75 bits per heavy atom. The molecule has 0 aliphatic heterocycles. The zero-order chi connectivity index (χ0) is 16.4. The fourth-order valence-electron chi connectivity index (χ4n) is 3.23. The molecule has 0 fully saturated rings. The summed E-state index contributed by atoms with van der Waals surface area (Å²) in [5, 5.41) is 5.88. The van der Waals surface area contributed by atoms with Crippen molar-refractivity contribution in [3.05, 3.63) is 76.8 Å². The van der Waals surface area contributed by atoms with Crippen molar-refractivity contribution in [2.24, 2.45) is 0 Å². The summed E-state index contributed by atoms with van der Waals surface area (Å²) < 4.78 is 0. The van der Waals surface area contributed by atoms with E-state index in [-0.39, 0.29) is 11.9 Å². The Balaban J connectivity index is 1.53. The van der Waals surface area contributed by atoms with E-state index >= 15 is 0 Å². The number of hydrogen-bond donors (Lipinski definition) is 1. The quantitative estimate of drug-likeness (QED) is 0.759. The maximum absolute atomic E-state index is 12.6. The third-order valence-corrected chi connectivity index (χ3v) is 5.32. The lowest BCUT2D eigenvalue weighted by Crippen LogP contribution is -2.31. The number of nitrogens with one attached hydrogen (secondary N) is 1. The minimum atomic E-state index is -0.0878. The van der Waals surface area contributed by atoms with Gasteiger partial charge in [-0.1, -0.05) is 54.6 Å². The molecular weight excluding hydrogens is 316 g/mol. The highest BCUT2D eigenvalue weighted by atomic mass is 32.1. The fraction of sp³-hybridized carbons (Fsp3) is 0.200. The Bertz CT molecular complexity index is 857. The molecule has 1 amide bonds. The van der Waals surface area contributed by atoms with Crippen molar-refractivity contribution in [3.63, 3.8) is 0 Å². The van der Waals surface area contributed by atoms with Crippen molar-refractivity contribution in [2.75, 3.05) is 0 Å². The van der Waals surface area contributed by atoms with E-state index in [1.165, 1.54) is 22.5 Å². The van der Waals surface area contributed by atoms with E-state index in [4.69, 9.17) is 0 Å². The first-order valence-corrected chi connectivity index (χ1v) is 9.09. The van der Waals surface area contributed by atoms with Crippen LogP contribution in [0.15, 0.2) is 60.0 Å². The molecule has 3 aromatic rings. The van der Waals surface area contributed by atoms with Crippen LogP contribution < -0.4 is 5.32 Å². The molecule has 0 radical (unpaired) electrons. The minimum Gasteiger partial charge on any atom is -0.344 e. The molecule has 120 valence electrons. The second-order valence-corrected chi connectivity index (χ2v) is 6.88. The van der Waals surface area contributed by atoms with Crippen LogP contribution in [0.4, 0.5) is 0 Å². The van der Waals surface area contributed by atoms with E-state index in [2.05, 4.69) is 28.5 Å². The lowest BCUT2D eigenvalue weighted by atomic mass is 9.88. The highest BCUT2D eigenvalue weighted by Gasteiger charge is 2.22. The number of hydrogen-bond acceptors (Lipinski definition) is 3. The summed E-state index contributed by atoms with van der Waals surface area (Å²) in [6.07, 6.45) is 3.18. The number of thiazole rings is 1. The molecule has 1 aliphatic rings. The smallest absolute Gasteiger partial charge is 0.271 e. The standard InChI is InChI=1S/C20H18N2OS/c23-19(18-13-24-20(22-18)15-8-2-1-3-9-15)21-17-12-6-10-14-7-4-5-11-16(14)17/h1-5,7-9,11,13,17H,6,10,12H2,(H,21,23). The highest BCUT2D eigenvalue weighted by Crippen LogP contribution is 2.30. The zero-order valence-electron chi connectivity index (χ0n) is 13.2. The van der Waals surface area contributed by atoms with Crippen LogP contribution in [0.3, 0.4) is 0 Å². The first-order valence-electron chi connectivity index (χ1n) is 8.21. The number of aromatic nitrogens is 1. The molecule has 0 bridgehead atoms. The van der Waals surface area contributed by atoms with Crippen LogP contribution in [0.2, 0.25) is 0 Å². The molecule has 3 nitrogen and oxygen atoms in total. The minimum absolute atomic E-state index is 0.0873. The van der Waals surface area contributed by atoms with Crippen LogP contribution in [0.5, 0.6) is 0 Å². The fourth-order valence-corrected chi connectivity index (χ4v) is 4.03. The van der Waals surface area contributed by atoms with Crippen LogP contribution in [-0.2, 0) is 6.42 Å². The van der Waals surface area contributed by atoms with Gasteiger partial charge in [-0.3, -0.25) is 4.79 Å². The average molecular weight is 334 g/mol. The van der Waals surface area contributed by atoms with E-state index in [9.17, 15) is 4.79 Å². The summed E-state index contributed by atoms with van der Waals surface area (Å²) in [4.78, 5) is 17.1. The van der Waals surface area contributed by atoms with E-state index in [0.29, 0.717) is 5.69 Å². The van der Waals surface area contributed by atoms with Crippen LogP contribution in [0, 0.1) is 0 Å². The summed E-state index contributed by atoms with van der Waals surface area (Å²) in [7, 11) is 0. The molecular formula is C20H18N2OS. The van der Waals surface area contributed by atoms with Crippen molar-refractivity contribution in [3.8, 4) is 10.6 Å². The van der Waals surface area contributed by atoms with Crippen LogP contribution in [-0.4, -0.2) is 10.9 Å². The second-order valence-electron chi connectivity index (χ2n) is 6.02. The number of fused-ring (bicyclic) bond motifs is 1. The van der Waals surface area contributed by atoms with Crippen molar-refractivity contribution in [1.82, 2.24) is 10.3 Å². The Labute approximate surface area is 145 Å². The Kier molecular flexibility index (Phi) is 4.13. The Morgan fingerprint density at radius 2 is 1.88 bits per heavy atom.